The van der Waals surface area contributed by atoms with Crippen molar-refractivity contribution in [2.75, 3.05) is 11.7 Å². The summed E-state index contributed by atoms with van der Waals surface area (Å²) in [5, 5.41) is 21.5. The molecule has 1 aliphatic carbocycles. The van der Waals surface area contributed by atoms with E-state index in [9.17, 15) is 14.8 Å². The molecule has 1 amide bonds. The Balaban J connectivity index is 1.67. The van der Waals surface area contributed by atoms with E-state index in [2.05, 4.69) is 0 Å². The highest BCUT2D eigenvalue weighted by Gasteiger charge is 2.17. The quantitative estimate of drug-likeness (QED) is 0.335. The van der Waals surface area contributed by atoms with Crippen LogP contribution in [0.15, 0.2) is 54.6 Å². The molecule has 6 nitrogen and oxygen atoms in total. The van der Waals surface area contributed by atoms with E-state index in [1.807, 2.05) is 42.5 Å². The number of benzene rings is 3. The van der Waals surface area contributed by atoms with E-state index in [0.717, 1.165) is 33.2 Å². The molecule has 0 heterocycles. The molecular formula is C27H29NO5. The lowest BCUT2D eigenvalue weighted by molar-refractivity contribution is -0.137. The lowest BCUT2D eigenvalue weighted by Gasteiger charge is -2.17. The fourth-order valence-corrected chi connectivity index (χ4v) is 4.43. The van der Waals surface area contributed by atoms with Crippen LogP contribution < -0.4 is 9.80 Å². The number of anilines is 1. The molecule has 33 heavy (non-hydrogen) atoms. The third kappa shape index (κ3) is 5.52. The van der Waals surface area contributed by atoms with Crippen LogP contribution in [0.3, 0.4) is 0 Å². The Morgan fingerprint density at radius 3 is 2.45 bits per heavy atom. The first-order valence-corrected chi connectivity index (χ1v) is 11.4. The van der Waals surface area contributed by atoms with Gasteiger partial charge in [-0.15, -0.1) is 0 Å². The summed E-state index contributed by atoms with van der Waals surface area (Å²) in [6.45, 7) is 1.99. The van der Waals surface area contributed by atoms with Crippen molar-refractivity contribution in [3.05, 3.63) is 60.2 Å². The van der Waals surface area contributed by atoms with Crippen LogP contribution >= 0.6 is 0 Å². The molecule has 0 radical (unpaired) electrons. The Labute approximate surface area is 193 Å². The number of carboxylic acids is 1. The number of aliphatic carboxylic acids is 1. The normalized spacial score (nSPS) is 13.9. The Bertz CT molecular complexity index is 1170. The molecule has 0 aliphatic heterocycles. The smallest absolute Gasteiger partial charge is 0.303 e. The van der Waals surface area contributed by atoms with Gasteiger partial charge in [-0.1, -0.05) is 37.1 Å². The zero-order valence-electron chi connectivity index (χ0n) is 18.8. The van der Waals surface area contributed by atoms with Crippen molar-refractivity contribution in [1.29, 1.82) is 0 Å². The highest BCUT2D eigenvalue weighted by atomic mass is 16.5. The van der Waals surface area contributed by atoms with Gasteiger partial charge in [-0.25, -0.2) is 0 Å². The van der Waals surface area contributed by atoms with E-state index in [-0.39, 0.29) is 6.42 Å². The number of carbonyl (C=O) groups is 2. The highest BCUT2D eigenvalue weighted by Crippen LogP contribution is 2.35. The fourth-order valence-electron chi connectivity index (χ4n) is 4.43. The van der Waals surface area contributed by atoms with Crippen molar-refractivity contribution in [1.82, 2.24) is 0 Å². The number of amides is 1. The number of rotatable bonds is 8. The molecule has 1 aliphatic rings. The SMILES string of the molecule is CC(=O)N(O)c1ccc2cc(-c3cc(CCC(=O)O)ccc3OCC3CCCC3)ccc2c1. The molecule has 172 valence electrons. The second-order valence-corrected chi connectivity index (χ2v) is 8.76. The number of carboxylic acid groups (broad SMARTS) is 1. The van der Waals surface area contributed by atoms with Crippen LogP contribution in [-0.2, 0) is 16.0 Å². The number of hydrogen-bond acceptors (Lipinski definition) is 4. The van der Waals surface area contributed by atoms with Crippen LogP contribution in [-0.4, -0.2) is 28.8 Å². The van der Waals surface area contributed by atoms with Gasteiger partial charge in [-0.3, -0.25) is 14.8 Å². The van der Waals surface area contributed by atoms with Gasteiger partial charge in [-0.2, -0.15) is 5.06 Å². The molecule has 4 rings (SSSR count). The third-order valence-corrected chi connectivity index (χ3v) is 6.30. The summed E-state index contributed by atoms with van der Waals surface area (Å²) in [6.07, 6.45) is 5.46. The second kappa shape index (κ2) is 10.0. The Hall–Kier alpha value is -3.38. The van der Waals surface area contributed by atoms with Crippen molar-refractivity contribution >= 4 is 28.3 Å². The van der Waals surface area contributed by atoms with Gasteiger partial charge < -0.3 is 9.84 Å². The lowest BCUT2D eigenvalue weighted by atomic mass is 9.97. The molecule has 3 aromatic rings. The van der Waals surface area contributed by atoms with Gasteiger partial charge in [0.1, 0.15) is 5.75 Å². The molecule has 0 spiro atoms. The first-order valence-electron chi connectivity index (χ1n) is 11.4. The van der Waals surface area contributed by atoms with Crippen molar-refractivity contribution < 1.29 is 24.6 Å². The maximum atomic E-state index is 11.5. The Kier molecular flexibility index (Phi) is 6.94. The van der Waals surface area contributed by atoms with Gasteiger partial charge in [0.25, 0.3) is 0 Å². The molecule has 0 saturated heterocycles. The summed E-state index contributed by atoms with van der Waals surface area (Å²) in [5.41, 5.74) is 3.28. The van der Waals surface area contributed by atoms with E-state index in [1.54, 1.807) is 12.1 Å². The van der Waals surface area contributed by atoms with E-state index >= 15 is 0 Å². The van der Waals surface area contributed by atoms with Crippen molar-refractivity contribution in [2.45, 2.75) is 45.4 Å². The maximum absolute atomic E-state index is 11.5. The Morgan fingerprint density at radius 2 is 1.73 bits per heavy atom. The van der Waals surface area contributed by atoms with Gasteiger partial charge in [0.15, 0.2) is 0 Å². The molecule has 3 aromatic carbocycles. The number of nitrogens with zero attached hydrogens (tertiary/aromatic N) is 1. The topological polar surface area (TPSA) is 87.1 Å². The summed E-state index contributed by atoms with van der Waals surface area (Å²) in [4.78, 5) is 22.5. The van der Waals surface area contributed by atoms with Crippen LogP contribution in [0.4, 0.5) is 5.69 Å². The van der Waals surface area contributed by atoms with Gasteiger partial charge in [0.05, 0.1) is 12.3 Å². The first-order chi connectivity index (χ1) is 15.9. The maximum Gasteiger partial charge on any atom is 0.303 e. The molecular weight excluding hydrogens is 418 g/mol. The number of carbonyl (C=O) groups excluding carboxylic acids is 1. The number of fused-ring (bicyclic) bond motifs is 1. The van der Waals surface area contributed by atoms with E-state index in [4.69, 9.17) is 9.84 Å². The van der Waals surface area contributed by atoms with Crippen molar-refractivity contribution in [3.63, 3.8) is 0 Å². The highest BCUT2D eigenvalue weighted by molar-refractivity contribution is 5.95. The summed E-state index contributed by atoms with van der Waals surface area (Å²) in [7, 11) is 0. The third-order valence-electron chi connectivity index (χ3n) is 6.30. The number of hydroxylamine groups is 1. The zero-order chi connectivity index (χ0) is 23.4. The van der Waals surface area contributed by atoms with Crippen molar-refractivity contribution in [2.24, 2.45) is 5.92 Å². The van der Waals surface area contributed by atoms with Gasteiger partial charge in [0, 0.05) is 18.9 Å². The first kappa shape index (κ1) is 22.8. The van der Waals surface area contributed by atoms with E-state index in [0.29, 0.717) is 29.7 Å². The van der Waals surface area contributed by atoms with Crippen LogP contribution in [0.2, 0.25) is 0 Å². The number of ether oxygens (including phenoxy) is 1. The van der Waals surface area contributed by atoms with Crippen LogP contribution in [0.25, 0.3) is 21.9 Å². The van der Waals surface area contributed by atoms with Crippen LogP contribution in [0.5, 0.6) is 5.75 Å². The molecule has 6 heteroatoms. The van der Waals surface area contributed by atoms with E-state index in [1.165, 1.54) is 32.6 Å². The average molecular weight is 448 g/mol. The summed E-state index contributed by atoms with van der Waals surface area (Å²) in [5.74, 6) is 0.119. The van der Waals surface area contributed by atoms with Gasteiger partial charge in [-0.05, 0) is 77.4 Å². The van der Waals surface area contributed by atoms with Crippen LogP contribution in [0, 0.1) is 5.92 Å². The minimum absolute atomic E-state index is 0.0794. The molecule has 1 fully saturated rings. The number of aryl methyl sites for hydroxylation is 1. The van der Waals surface area contributed by atoms with Crippen LogP contribution in [0.1, 0.15) is 44.6 Å². The van der Waals surface area contributed by atoms with Crippen molar-refractivity contribution in [3.8, 4) is 16.9 Å². The summed E-state index contributed by atoms with van der Waals surface area (Å²) >= 11 is 0. The molecule has 1 saturated carbocycles. The summed E-state index contributed by atoms with van der Waals surface area (Å²) < 4.78 is 6.25. The minimum Gasteiger partial charge on any atom is -0.493 e. The largest absolute Gasteiger partial charge is 0.493 e. The molecule has 0 atom stereocenters. The predicted molar refractivity (Wildman–Crippen MR) is 128 cm³/mol. The molecule has 0 bridgehead atoms. The molecule has 2 N–H and O–H groups in total. The monoisotopic (exact) mass is 447 g/mol. The Morgan fingerprint density at radius 1 is 1.00 bits per heavy atom. The second-order valence-electron chi connectivity index (χ2n) is 8.76. The zero-order valence-corrected chi connectivity index (χ0v) is 18.8. The lowest BCUT2D eigenvalue weighted by Crippen LogP contribution is -2.23. The average Bonchev–Trinajstić information content (AvgIpc) is 3.34. The predicted octanol–water partition coefficient (Wildman–Crippen LogP) is 5.84. The minimum atomic E-state index is -0.817. The number of hydrogen-bond donors (Lipinski definition) is 2. The van der Waals surface area contributed by atoms with E-state index < -0.39 is 11.9 Å². The molecule has 0 aromatic heterocycles. The van der Waals surface area contributed by atoms with Gasteiger partial charge >= 0.3 is 5.97 Å². The summed E-state index contributed by atoms with van der Waals surface area (Å²) in [6, 6.07) is 17.2. The van der Waals surface area contributed by atoms with Gasteiger partial charge in [0.2, 0.25) is 5.91 Å². The fraction of sp³-hybridized carbons (Fsp3) is 0.333. The standard InChI is InChI=1S/C27H29NO5/c1-18(29)28(32)24-11-10-21-15-23(9-8-22(21)16-24)25-14-19(7-13-27(30)31)6-12-26(25)33-17-20-4-2-3-5-20/h6,8-12,14-16,20,32H,2-5,7,13,17H2,1H3,(H,30,31). The molecule has 0 unspecified atom stereocenters.